The zero-order chi connectivity index (χ0) is 14.2. The molecule has 5 nitrogen and oxygen atoms in total. The summed E-state index contributed by atoms with van der Waals surface area (Å²) in [7, 11) is 0.993. The lowest BCUT2D eigenvalue weighted by Gasteiger charge is -2.12. The number of nitrogen functional groups attached to an aromatic ring is 1. The average Bonchev–Trinajstić information content (AvgIpc) is 2.69. The summed E-state index contributed by atoms with van der Waals surface area (Å²) in [6, 6.07) is 5.51. The summed E-state index contributed by atoms with van der Waals surface area (Å²) >= 11 is 0. The highest BCUT2D eigenvalue weighted by molar-refractivity contribution is 7.70. The van der Waals surface area contributed by atoms with Crippen molar-refractivity contribution in [3.63, 3.8) is 0 Å². The molecule has 0 bridgehead atoms. The van der Waals surface area contributed by atoms with Crippen LogP contribution in [-0.2, 0) is 11.6 Å². The van der Waals surface area contributed by atoms with Crippen LogP contribution in [0.5, 0.6) is 5.88 Å². The van der Waals surface area contributed by atoms with E-state index >= 15 is 0 Å². The Hall–Kier alpha value is -1.74. The SMILES string of the molecule is COc1nn(C)cc1-c1ccc(N)c(P(C)(C)=O)c1. The van der Waals surface area contributed by atoms with Gasteiger partial charge in [-0.3, -0.25) is 4.68 Å². The molecule has 0 aliphatic heterocycles. The van der Waals surface area contributed by atoms with Crippen LogP contribution >= 0.6 is 7.14 Å². The number of ether oxygens (including phenoxy) is 1. The van der Waals surface area contributed by atoms with Gasteiger partial charge in [0.15, 0.2) is 0 Å². The molecule has 0 spiro atoms. The molecule has 0 fully saturated rings. The van der Waals surface area contributed by atoms with E-state index in [1.54, 1.807) is 31.2 Å². The number of methoxy groups -OCH3 is 1. The van der Waals surface area contributed by atoms with E-state index in [4.69, 9.17) is 10.5 Å². The quantitative estimate of drug-likeness (QED) is 0.688. The molecule has 0 amide bonds. The monoisotopic (exact) mass is 279 g/mol. The van der Waals surface area contributed by atoms with Crippen molar-refractivity contribution in [3.05, 3.63) is 24.4 Å². The summed E-state index contributed by atoms with van der Waals surface area (Å²) in [6.07, 6.45) is 1.87. The second-order valence-corrected chi connectivity index (χ2v) is 8.03. The van der Waals surface area contributed by atoms with E-state index in [2.05, 4.69) is 5.10 Å². The lowest BCUT2D eigenvalue weighted by molar-refractivity contribution is 0.393. The second-order valence-electron chi connectivity index (χ2n) is 4.85. The highest BCUT2D eigenvalue weighted by Crippen LogP contribution is 2.39. The predicted octanol–water partition coefficient (Wildman–Crippen LogP) is 1.93. The Morgan fingerprint density at radius 3 is 2.63 bits per heavy atom. The molecule has 0 aliphatic rings. The first-order chi connectivity index (χ1) is 8.82. The van der Waals surface area contributed by atoms with E-state index in [-0.39, 0.29) is 0 Å². The predicted molar refractivity (Wildman–Crippen MR) is 78.7 cm³/mol. The highest BCUT2D eigenvalue weighted by Gasteiger charge is 2.18. The van der Waals surface area contributed by atoms with E-state index < -0.39 is 7.14 Å². The normalized spacial score (nSPS) is 11.6. The van der Waals surface area contributed by atoms with E-state index in [9.17, 15) is 4.57 Å². The van der Waals surface area contributed by atoms with Gasteiger partial charge in [0, 0.05) is 24.2 Å². The molecule has 0 saturated heterocycles. The number of aryl methyl sites for hydroxylation is 1. The standard InChI is InChI=1S/C13H18N3O2P/c1-16-8-10(13(15-16)18-2)9-5-6-11(14)12(7-9)19(3,4)17/h5-8H,14H2,1-4H3. The minimum atomic E-state index is -2.41. The van der Waals surface area contributed by atoms with Crippen molar-refractivity contribution in [2.45, 2.75) is 0 Å². The van der Waals surface area contributed by atoms with Gasteiger partial charge >= 0.3 is 0 Å². The molecule has 2 rings (SSSR count). The number of aromatic nitrogens is 2. The second kappa shape index (κ2) is 4.74. The summed E-state index contributed by atoms with van der Waals surface area (Å²) in [4.78, 5) is 0. The van der Waals surface area contributed by atoms with Gasteiger partial charge in [-0.25, -0.2) is 0 Å². The average molecular weight is 279 g/mol. The van der Waals surface area contributed by atoms with Crippen molar-refractivity contribution in [3.8, 4) is 17.0 Å². The van der Waals surface area contributed by atoms with E-state index in [0.717, 1.165) is 11.1 Å². The topological polar surface area (TPSA) is 70.1 Å². The Labute approximate surface area is 112 Å². The molecule has 0 atom stereocenters. The van der Waals surface area contributed by atoms with E-state index in [0.29, 0.717) is 16.9 Å². The summed E-state index contributed by atoms with van der Waals surface area (Å²) in [5.41, 5.74) is 8.22. The van der Waals surface area contributed by atoms with E-state index in [1.807, 2.05) is 25.4 Å². The Balaban J connectivity index is 2.61. The first-order valence-electron chi connectivity index (χ1n) is 5.86. The lowest BCUT2D eigenvalue weighted by atomic mass is 10.1. The molecule has 0 saturated carbocycles. The number of hydrogen-bond acceptors (Lipinski definition) is 4. The minimum Gasteiger partial charge on any atom is -0.479 e. The van der Waals surface area contributed by atoms with E-state index in [1.165, 1.54) is 0 Å². The van der Waals surface area contributed by atoms with Gasteiger partial charge in [-0.15, -0.1) is 5.10 Å². The largest absolute Gasteiger partial charge is 0.479 e. The molecule has 19 heavy (non-hydrogen) atoms. The molecule has 0 radical (unpaired) electrons. The van der Waals surface area contributed by atoms with Crippen LogP contribution < -0.4 is 15.8 Å². The number of nitrogens with two attached hydrogens (primary N) is 1. The molecule has 1 aromatic heterocycles. The van der Waals surface area contributed by atoms with Crippen LogP contribution in [-0.4, -0.2) is 30.2 Å². The smallest absolute Gasteiger partial charge is 0.240 e. The van der Waals surface area contributed by atoms with Gasteiger partial charge in [-0.2, -0.15) is 0 Å². The van der Waals surface area contributed by atoms with Crippen LogP contribution in [0.3, 0.4) is 0 Å². The molecule has 0 aliphatic carbocycles. The fraction of sp³-hybridized carbons (Fsp3) is 0.308. The third-order valence-corrected chi connectivity index (χ3v) is 4.46. The Kier molecular flexibility index (Phi) is 3.42. The molecule has 2 N–H and O–H groups in total. The van der Waals surface area contributed by atoms with Crippen LogP contribution in [0.2, 0.25) is 0 Å². The summed E-state index contributed by atoms with van der Waals surface area (Å²) in [5.74, 6) is 0.542. The number of benzene rings is 1. The van der Waals surface area contributed by atoms with Crippen molar-refractivity contribution >= 4 is 18.1 Å². The van der Waals surface area contributed by atoms with Crippen LogP contribution in [0.4, 0.5) is 5.69 Å². The maximum Gasteiger partial charge on any atom is 0.240 e. The fourth-order valence-electron chi connectivity index (χ4n) is 1.99. The number of anilines is 1. The van der Waals surface area contributed by atoms with Gasteiger partial charge in [0.25, 0.3) is 0 Å². The van der Waals surface area contributed by atoms with Crippen LogP contribution in [0.25, 0.3) is 11.1 Å². The van der Waals surface area contributed by atoms with Crippen molar-refractivity contribution in [2.24, 2.45) is 7.05 Å². The first-order valence-corrected chi connectivity index (χ1v) is 8.46. The van der Waals surface area contributed by atoms with Crippen LogP contribution in [0.1, 0.15) is 0 Å². The third-order valence-electron chi connectivity index (χ3n) is 2.91. The molecule has 1 aromatic carbocycles. The van der Waals surface area contributed by atoms with Crippen LogP contribution in [0, 0.1) is 0 Å². The van der Waals surface area contributed by atoms with Crippen molar-refractivity contribution in [1.29, 1.82) is 0 Å². The Bertz CT molecular complexity index is 658. The minimum absolute atomic E-state index is 0.542. The molecule has 102 valence electrons. The first kappa shape index (κ1) is 13.7. The van der Waals surface area contributed by atoms with Gasteiger partial charge in [-0.05, 0) is 31.0 Å². The Morgan fingerprint density at radius 1 is 1.37 bits per heavy atom. The lowest BCUT2D eigenvalue weighted by Crippen LogP contribution is -2.09. The third kappa shape index (κ3) is 2.66. The fourth-order valence-corrected chi connectivity index (χ4v) is 3.14. The molecular formula is C13H18N3O2P. The molecule has 2 aromatic rings. The maximum absolute atomic E-state index is 12.2. The van der Waals surface area contributed by atoms with Gasteiger partial charge in [0.2, 0.25) is 5.88 Å². The molecule has 1 heterocycles. The number of hydrogen-bond donors (Lipinski definition) is 1. The maximum atomic E-state index is 12.2. The molecule has 0 unspecified atom stereocenters. The number of nitrogens with zero attached hydrogens (tertiary/aromatic N) is 2. The van der Waals surface area contributed by atoms with Gasteiger partial charge in [0.1, 0.15) is 7.14 Å². The van der Waals surface area contributed by atoms with Crippen molar-refractivity contribution < 1.29 is 9.30 Å². The van der Waals surface area contributed by atoms with Gasteiger partial charge < -0.3 is 15.0 Å². The number of rotatable bonds is 3. The molecule has 6 heteroatoms. The highest BCUT2D eigenvalue weighted by atomic mass is 31.2. The van der Waals surface area contributed by atoms with Crippen molar-refractivity contribution in [2.75, 3.05) is 26.2 Å². The van der Waals surface area contributed by atoms with Crippen LogP contribution in [0.15, 0.2) is 24.4 Å². The Morgan fingerprint density at radius 2 is 2.05 bits per heavy atom. The van der Waals surface area contributed by atoms with Crippen molar-refractivity contribution in [1.82, 2.24) is 9.78 Å². The van der Waals surface area contributed by atoms with Gasteiger partial charge in [-0.1, -0.05) is 6.07 Å². The summed E-state index contributed by atoms with van der Waals surface area (Å²) < 4.78 is 19.2. The van der Waals surface area contributed by atoms with Gasteiger partial charge in [0.05, 0.1) is 12.7 Å². The zero-order valence-corrected chi connectivity index (χ0v) is 12.4. The molecular weight excluding hydrogens is 261 g/mol. The summed E-state index contributed by atoms with van der Waals surface area (Å²) in [6.45, 7) is 3.42. The zero-order valence-electron chi connectivity index (χ0n) is 11.5. The summed E-state index contributed by atoms with van der Waals surface area (Å²) in [5, 5.41) is 4.90.